The molecule has 23 heavy (non-hydrogen) atoms. The molecule has 3 N–H and O–H groups in total. The number of hydrogen-bond acceptors (Lipinski definition) is 5. The van der Waals surface area contributed by atoms with Gasteiger partial charge in [0.05, 0.1) is 10.5 Å². The molecule has 0 saturated heterocycles. The third-order valence-corrected chi connectivity index (χ3v) is 3.27. The lowest BCUT2D eigenvalue weighted by Crippen LogP contribution is -2.22. The van der Waals surface area contributed by atoms with Crippen LogP contribution in [0.25, 0.3) is 0 Å². The maximum absolute atomic E-state index is 11.1. The van der Waals surface area contributed by atoms with Gasteiger partial charge in [-0.15, -0.1) is 0 Å². The number of carboxylic acids is 1. The van der Waals surface area contributed by atoms with Crippen LogP contribution in [0.2, 0.25) is 0 Å². The van der Waals surface area contributed by atoms with E-state index in [-0.39, 0.29) is 5.69 Å². The summed E-state index contributed by atoms with van der Waals surface area (Å²) in [5.41, 5.74) is 1.88. The second kappa shape index (κ2) is 7.90. The van der Waals surface area contributed by atoms with Crippen LogP contribution in [0.15, 0.2) is 48.5 Å². The first-order valence-corrected chi connectivity index (χ1v) is 7.08. The number of nitro benzene ring substituents is 1. The SMILES string of the molecule is O=C(O)c1ccccc1CNCCNc1ccc([N+](=O)[O-])cc1. The van der Waals surface area contributed by atoms with Crippen LogP contribution in [-0.2, 0) is 6.54 Å². The monoisotopic (exact) mass is 315 g/mol. The number of carboxylic acid groups (broad SMARTS) is 1. The van der Waals surface area contributed by atoms with E-state index >= 15 is 0 Å². The van der Waals surface area contributed by atoms with Crippen molar-refractivity contribution in [2.24, 2.45) is 0 Å². The van der Waals surface area contributed by atoms with Crippen molar-refractivity contribution < 1.29 is 14.8 Å². The summed E-state index contributed by atoms with van der Waals surface area (Å²) in [5, 5.41) is 25.9. The minimum Gasteiger partial charge on any atom is -0.478 e. The van der Waals surface area contributed by atoms with E-state index in [0.29, 0.717) is 25.2 Å². The molecule has 0 bridgehead atoms. The van der Waals surface area contributed by atoms with Crippen LogP contribution in [0.4, 0.5) is 11.4 Å². The summed E-state index contributed by atoms with van der Waals surface area (Å²) in [4.78, 5) is 21.2. The molecule has 0 saturated carbocycles. The summed E-state index contributed by atoms with van der Waals surface area (Å²) < 4.78 is 0. The second-order valence-electron chi connectivity index (χ2n) is 4.87. The molecule has 0 aliphatic heterocycles. The first-order valence-electron chi connectivity index (χ1n) is 7.08. The average Bonchev–Trinajstić information content (AvgIpc) is 2.55. The lowest BCUT2D eigenvalue weighted by atomic mass is 10.1. The minimum atomic E-state index is -0.939. The number of anilines is 1. The number of rotatable bonds is 8. The van der Waals surface area contributed by atoms with E-state index < -0.39 is 10.9 Å². The number of non-ortho nitro benzene ring substituents is 1. The van der Waals surface area contributed by atoms with Crippen LogP contribution in [0.1, 0.15) is 15.9 Å². The predicted molar refractivity (Wildman–Crippen MR) is 86.7 cm³/mol. The number of nitrogens with one attached hydrogen (secondary N) is 2. The number of carbonyl (C=O) groups is 1. The number of aromatic carboxylic acids is 1. The van der Waals surface area contributed by atoms with E-state index in [2.05, 4.69) is 10.6 Å². The Hall–Kier alpha value is -2.93. The van der Waals surface area contributed by atoms with Gasteiger partial charge in [-0.25, -0.2) is 4.79 Å². The van der Waals surface area contributed by atoms with Crippen molar-refractivity contribution in [3.8, 4) is 0 Å². The van der Waals surface area contributed by atoms with Crippen LogP contribution >= 0.6 is 0 Å². The first kappa shape index (κ1) is 16.4. The Morgan fingerprint density at radius 3 is 2.43 bits per heavy atom. The molecule has 120 valence electrons. The molecular weight excluding hydrogens is 298 g/mol. The molecule has 2 aromatic rings. The molecular formula is C16H17N3O4. The standard InChI is InChI=1S/C16H17N3O4/c20-16(21)15-4-2-1-3-12(15)11-17-9-10-18-13-5-7-14(8-6-13)19(22)23/h1-8,17-18H,9-11H2,(H,20,21). The molecule has 0 heterocycles. The Kier molecular flexibility index (Phi) is 5.65. The van der Waals surface area contributed by atoms with Crippen LogP contribution in [0.5, 0.6) is 0 Å². The van der Waals surface area contributed by atoms with Gasteiger partial charge in [0.15, 0.2) is 0 Å². The summed E-state index contributed by atoms with van der Waals surface area (Å²) in [6, 6.07) is 13.0. The van der Waals surface area contributed by atoms with Crippen molar-refractivity contribution in [3.05, 3.63) is 69.8 Å². The zero-order chi connectivity index (χ0) is 16.7. The maximum Gasteiger partial charge on any atom is 0.336 e. The highest BCUT2D eigenvalue weighted by Gasteiger charge is 2.08. The Labute approximate surface area is 133 Å². The maximum atomic E-state index is 11.1. The van der Waals surface area contributed by atoms with Crippen molar-refractivity contribution in [2.45, 2.75) is 6.54 Å². The number of nitrogens with zero attached hydrogens (tertiary/aromatic N) is 1. The lowest BCUT2D eigenvalue weighted by Gasteiger charge is -2.09. The summed E-state index contributed by atoms with van der Waals surface area (Å²) >= 11 is 0. The molecule has 7 heteroatoms. The smallest absolute Gasteiger partial charge is 0.336 e. The van der Waals surface area contributed by atoms with Crippen molar-refractivity contribution in [1.29, 1.82) is 0 Å². The van der Waals surface area contributed by atoms with E-state index in [1.165, 1.54) is 12.1 Å². The molecule has 7 nitrogen and oxygen atoms in total. The molecule has 0 aromatic heterocycles. The fourth-order valence-electron chi connectivity index (χ4n) is 2.10. The van der Waals surface area contributed by atoms with Gasteiger partial charge in [0.25, 0.3) is 5.69 Å². The van der Waals surface area contributed by atoms with Crippen molar-refractivity contribution in [2.75, 3.05) is 18.4 Å². The highest BCUT2D eigenvalue weighted by atomic mass is 16.6. The second-order valence-corrected chi connectivity index (χ2v) is 4.87. The van der Waals surface area contributed by atoms with Crippen molar-refractivity contribution in [1.82, 2.24) is 5.32 Å². The highest BCUT2D eigenvalue weighted by molar-refractivity contribution is 5.89. The van der Waals surface area contributed by atoms with Crippen molar-refractivity contribution >= 4 is 17.3 Å². The van der Waals surface area contributed by atoms with Gasteiger partial charge in [-0.1, -0.05) is 18.2 Å². The molecule has 0 aliphatic carbocycles. The van der Waals surface area contributed by atoms with Gasteiger partial charge in [0.1, 0.15) is 0 Å². The van der Waals surface area contributed by atoms with Crippen LogP contribution in [-0.4, -0.2) is 29.1 Å². The molecule has 0 unspecified atom stereocenters. The predicted octanol–water partition coefficient (Wildman–Crippen LogP) is 2.49. The summed E-state index contributed by atoms with van der Waals surface area (Å²) in [6.45, 7) is 1.71. The molecule has 0 atom stereocenters. The highest BCUT2D eigenvalue weighted by Crippen LogP contribution is 2.15. The summed E-state index contributed by atoms with van der Waals surface area (Å²) in [7, 11) is 0. The number of nitro groups is 1. The Morgan fingerprint density at radius 1 is 1.09 bits per heavy atom. The topological polar surface area (TPSA) is 104 Å². The summed E-state index contributed by atoms with van der Waals surface area (Å²) in [5.74, 6) is -0.939. The zero-order valence-electron chi connectivity index (χ0n) is 12.4. The van der Waals surface area contributed by atoms with Gasteiger partial charge < -0.3 is 15.7 Å². The van der Waals surface area contributed by atoms with E-state index in [1.54, 1.807) is 36.4 Å². The van der Waals surface area contributed by atoms with Crippen LogP contribution < -0.4 is 10.6 Å². The third-order valence-electron chi connectivity index (χ3n) is 3.27. The van der Waals surface area contributed by atoms with E-state index in [0.717, 1.165) is 11.3 Å². The summed E-state index contributed by atoms with van der Waals surface area (Å²) in [6.07, 6.45) is 0. The number of hydrogen-bond donors (Lipinski definition) is 3. The van der Waals surface area contributed by atoms with Crippen molar-refractivity contribution in [3.63, 3.8) is 0 Å². The lowest BCUT2D eigenvalue weighted by molar-refractivity contribution is -0.384. The Morgan fingerprint density at radius 2 is 1.78 bits per heavy atom. The molecule has 0 aliphatic rings. The van der Waals surface area contributed by atoms with Gasteiger partial charge in [0, 0.05) is 37.5 Å². The fraction of sp³-hybridized carbons (Fsp3) is 0.188. The zero-order valence-corrected chi connectivity index (χ0v) is 12.4. The Balaban J connectivity index is 1.76. The third kappa shape index (κ3) is 4.79. The van der Waals surface area contributed by atoms with E-state index in [4.69, 9.17) is 5.11 Å². The van der Waals surface area contributed by atoms with E-state index in [1.807, 2.05) is 0 Å². The molecule has 0 radical (unpaired) electrons. The number of benzene rings is 2. The normalized spacial score (nSPS) is 10.3. The fourth-order valence-corrected chi connectivity index (χ4v) is 2.10. The van der Waals surface area contributed by atoms with Crippen LogP contribution in [0.3, 0.4) is 0 Å². The quantitative estimate of drug-likeness (QED) is 0.393. The molecule has 2 aromatic carbocycles. The minimum absolute atomic E-state index is 0.0546. The Bertz CT molecular complexity index is 686. The largest absolute Gasteiger partial charge is 0.478 e. The van der Waals surface area contributed by atoms with E-state index in [9.17, 15) is 14.9 Å². The van der Waals surface area contributed by atoms with Gasteiger partial charge in [0.2, 0.25) is 0 Å². The first-order chi connectivity index (χ1) is 11.1. The average molecular weight is 315 g/mol. The molecule has 0 spiro atoms. The molecule has 2 rings (SSSR count). The van der Waals surface area contributed by atoms with Crippen LogP contribution in [0, 0.1) is 10.1 Å². The van der Waals surface area contributed by atoms with Gasteiger partial charge in [-0.05, 0) is 23.8 Å². The van der Waals surface area contributed by atoms with Gasteiger partial charge >= 0.3 is 5.97 Å². The van der Waals surface area contributed by atoms with Gasteiger partial charge in [-0.2, -0.15) is 0 Å². The van der Waals surface area contributed by atoms with Gasteiger partial charge in [-0.3, -0.25) is 10.1 Å². The molecule has 0 amide bonds. The molecule has 0 fully saturated rings.